The molecule has 5 heteroatoms. The van der Waals surface area contributed by atoms with E-state index in [1.54, 1.807) is 11.6 Å². The minimum Gasteiger partial charge on any atom is -0.383 e. The fraction of sp³-hybridized carbons (Fsp3) is 0.167. The molecule has 0 aliphatic rings. The Morgan fingerprint density at radius 2 is 2.29 bits per heavy atom. The molecular formula is C12H11BrN4. The highest BCUT2D eigenvalue weighted by Gasteiger charge is 2.11. The molecule has 0 unspecified atom stereocenters. The van der Waals surface area contributed by atoms with Crippen molar-refractivity contribution in [3.63, 3.8) is 0 Å². The van der Waals surface area contributed by atoms with Gasteiger partial charge >= 0.3 is 0 Å². The minimum absolute atomic E-state index is 0.421. The standard InChI is InChI=1S/C12H11BrN4/c1-8-11(6-14)12(15)17(16-8)7-9-3-2-4-10(13)5-9/h2-5H,7,15H2,1H3. The summed E-state index contributed by atoms with van der Waals surface area (Å²) < 4.78 is 2.66. The lowest BCUT2D eigenvalue weighted by Gasteiger charge is -2.04. The Morgan fingerprint density at radius 3 is 2.88 bits per heavy atom. The summed E-state index contributed by atoms with van der Waals surface area (Å²) in [6.07, 6.45) is 0. The van der Waals surface area contributed by atoms with Gasteiger partial charge < -0.3 is 5.73 Å². The molecule has 1 aromatic heterocycles. The van der Waals surface area contributed by atoms with Crippen molar-refractivity contribution in [1.29, 1.82) is 5.26 Å². The minimum atomic E-state index is 0.421. The van der Waals surface area contributed by atoms with Gasteiger partial charge in [-0.2, -0.15) is 10.4 Å². The maximum atomic E-state index is 8.93. The molecule has 0 aliphatic heterocycles. The maximum Gasteiger partial charge on any atom is 0.140 e. The molecule has 0 saturated heterocycles. The second kappa shape index (κ2) is 4.60. The molecule has 1 heterocycles. The number of hydrogen-bond donors (Lipinski definition) is 1. The molecule has 0 fully saturated rings. The average molecular weight is 291 g/mol. The van der Waals surface area contributed by atoms with Gasteiger partial charge in [-0.05, 0) is 24.6 Å². The molecule has 0 spiro atoms. The molecule has 4 nitrogen and oxygen atoms in total. The third-order valence-electron chi connectivity index (χ3n) is 2.50. The summed E-state index contributed by atoms with van der Waals surface area (Å²) >= 11 is 3.41. The lowest BCUT2D eigenvalue weighted by molar-refractivity contribution is 0.689. The molecule has 17 heavy (non-hydrogen) atoms. The van der Waals surface area contributed by atoms with Crippen molar-refractivity contribution >= 4 is 21.7 Å². The number of nitrogens with two attached hydrogens (primary N) is 1. The van der Waals surface area contributed by atoms with Gasteiger partial charge in [0.05, 0.1) is 12.2 Å². The van der Waals surface area contributed by atoms with E-state index in [9.17, 15) is 0 Å². The van der Waals surface area contributed by atoms with Gasteiger partial charge in [0, 0.05) is 4.47 Å². The fourth-order valence-electron chi connectivity index (χ4n) is 1.67. The first-order valence-electron chi connectivity index (χ1n) is 5.09. The molecule has 2 N–H and O–H groups in total. The first kappa shape index (κ1) is 11.7. The third kappa shape index (κ3) is 2.32. The van der Waals surface area contributed by atoms with Crippen molar-refractivity contribution in [2.75, 3.05) is 5.73 Å². The summed E-state index contributed by atoms with van der Waals surface area (Å²) in [6, 6.07) is 9.98. The van der Waals surface area contributed by atoms with Crippen molar-refractivity contribution in [3.05, 3.63) is 45.6 Å². The van der Waals surface area contributed by atoms with Gasteiger partial charge in [-0.3, -0.25) is 0 Å². The van der Waals surface area contributed by atoms with E-state index in [1.165, 1.54) is 0 Å². The number of nitriles is 1. The van der Waals surface area contributed by atoms with Crippen LogP contribution in [0.25, 0.3) is 0 Å². The Labute approximate surface area is 108 Å². The second-order valence-corrected chi connectivity index (χ2v) is 4.66. The van der Waals surface area contributed by atoms with E-state index in [-0.39, 0.29) is 0 Å². The van der Waals surface area contributed by atoms with Crippen molar-refractivity contribution in [2.45, 2.75) is 13.5 Å². The Bertz CT molecular complexity index is 595. The van der Waals surface area contributed by atoms with Gasteiger partial charge in [-0.15, -0.1) is 0 Å². The average Bonchev–Trinajstić information content (AvgIpc) is 2.54. The number of nitrogen functional groups attached to an aromatic ring is 1. The first-order valence-corrected chi connectivity index (χ1v) is 5.88. The predicted molar refractivity (Wildman–Crippen MR) is 69.3 cm³/mol. The molecule has 0 atom stereocenters. The van der Waals surface area contributed by atoms with E-state index in [0.29, 0.717) is 23.6 Å². The summed E-state index contributed by atoms with van der Waals surface area (Å²) in [7, 11) is 0. The van der Waals surface area contributed by atoms with E-state index >= 15 is 0 Å². The van der Waals surface area contributed by atoms with Gasteiger partial charge in [-0.25, -0.2) is 4.68 Å². The number of benzene rings is 1. The number of aryl methyl sites for hydroxylation is 1. The summed E-state index contributed by atoms with van der Waals surface area (Å²) in [6.45, 7) is 2.35. The monoisotopic (exact) mass is 290 g/mol. The van der Waals surface area contributed by atoms with Crippen LogP contribution in [0.1, 0.15) is 16.8 Å². The van der Waals surface area contributed by atoms with Crippen molar-refractivity contribution in [2.24, 2.45) is 0 Å². The van der Waals surface area contributed by atoms with Gasteiger partial charge in [0.2, 0.25) is 0 Å². The summed E-state index contributed by atoms with van der Waals surface area (Å²) in [5.74, 6) is 0.421. The maximum absolute atomic E-state index is 8.93. The Morgan fingerprint density at radius 1 is 1.53 bits per heavy atom. The molecule has 0 amide bonds. The van der Waals surface area contributed by atoms with E-state index in [1.807, 2.05) is 24.3 Å². The quantitative estimate of drug-likeness (QED) is 0.924. The topological polar surface area (TPSA) is 67.6 Å². The highest BCUT2D eigenvalue weighted by atomic mass is 79.9. The van der Waals surface area contributed by atoms with Crippen LogP contribution >= 0.6 is 15.9 Å². The highest BCUT2D eigenvalue weighted by molar-refractivity contribution is 9.10. The van der Waals surface area contributed by atoms with Crippen molar-refractivity contribution in [3.8, 4) is 6.07 Å². The van der Waals surface area contributed by atoms with E-state index in [4.69, 9.17) is 11.0 Å². The molecule has 86 valence electrons. The van der Waals surface area contributed by atoms with Gasteiger partial charge in [-0.1, -0.05) is 28.1 Å². The molecule has 1 aromatic carbocycles. The van der Waals surface area contributed by atoms with Crippen molar-refractivity contribution in [1.82, 2.24) is 9.78 Å². The predicted octanol–water partition coefficient (Wildman–Crippen LogP) is 2.46. The zero-order valence-electron chi connectivity index (χ0n) is 9.31. The van der Waals surface area contributed by atoms with Crippen LogP contribution in [-0.4, -0.2) is 9.78 Å². The van der Waals surface area contributed by atoms with E-state index < -0.39 is 0 Å². The van der Waals surface area contributed by atoms with Gasteiger partial charge in [0.15, 0.2) is 0 Å². The Hall–Kier alpha value is -1.80. The number of anilines is 1. The van der Waals surface area contributed by atoms with E-state index in [0.717, 1.165) is 10.0 Å². The van der Waals surface area contributed by atoms with E-state index in [2.05, 4.69) is 27.1 Å². The Kier molecular flexibility index (Phi) is 3.16. The number of halogens is 1. The largest absolute Gasteiger partial charge is 0.383 e. The van der Waals surface area contributed by atoms with Crippen LogP contribution in [0.4, 0.5) is 5.82 Å². The van der Waals surface area contributed by atoms with Crippen molar-refractivity contribution < 1.29 is 0 Å². The molecule has 0 aliphatic carbocycles. The first-order chi connectivity index (χ1) is 8.11. The van der Waals surface area contributed by atoms with Gasteiger partial charge in [0.1, 0.15) is 17.5 Å². The number of hydrogen-bond acceptors (Lipinski definition) is 3. The molecule has 2 aromatic rings. The lowest BCUT2D eigenvalue weighted by Crippen LogP contribution is -2.06. The molecule has 0 bridgehead atoms. The normalized spacial score (nSPS) is 10.2. The number of aromatic nitrogens is 2. The van der Waals surface area contributed by atoms with Crippen LogP contribution in [0.3, 0.4) is 0 Å². The zero-order chi connectivity index (χ0) is 12.4. The molecule has 2 rings (SSSR count). The summed E-state index contributed by atoms with van der Waals surface area (Å²) in [4.78, 5) is 0. The number of rotatable bonds is 2. The summed E-state index contributed by atoms with van der Waals surface area (Å²) in [5, 5.41) is 13.2. The van der Waals surface area contributed by atoms with Gasteiger partial charge in [0.25, 0.3) is 0 Å². The van der Waals surface area contributed by atoms with Crippen LogP contribution < -0.4 is 5.73 Å². The smallest absolute Gasteiger partial charge is 0.140 e. The van der Waals surface area contributed by atoms with Crippen LogP contribution in [-0.2, 0) is 6.54 Å². The number of nitrogens with zero attached hydrogens (tertiary/aromatic N) is 3. The lowest BCUT2D eigenvalue weighted by atomic mass is 10.2. The van der Waals surface area contributed by atoms with Crippen LogP contribution in [0.2, 0.25) is 0 Å². The zero-order valence-corrected chi connectivity index (χ0v) is 10.9. The van der Waals surface area contributed by atoms with Crippen LogP contribution in [0.5, 0.6) is 0 Å². The molecular weight excluding hydrogens is 280 g/mol. The second-order valence-electron chi connectivity index (χ2n) is 3.75. The SMILES string of the molecule is Cc1nn(Cc2cccc(Br)c2)c(N)c1C#N. The molecule has 0 saturated carbocycles. The van der Waals surface area contributed by atoms with Crippen LogP contribution in [0.15, 0.2) is 28.7 Å². The third-order valence-corrected chi connectivity index (χ3v) is 2.99. The molecule has 0 radical (unpaired) electrons. The highest BCUT2D eigenvalue weighted by Crippen LogP contribution is 2.18. The fourth-order valence-corrected chi connectivity index (χ4v) is 2.11. The summed E-state index contributed by atoms with van der Waals surface area (Å²) in [5.41, 5.74) is 8.07. The van der Waals surface area contributed by atoms with Crippen LogP contribution in [0, 0.1) is 18.3 Å². The Balaban J connectivity index is 2.34.